The third-order valence-corrected chi connectivity index (χ3v) is 2.94. The van der Waals surface area contributed by atoms with E-state index in [2.05, 4.69) is 6.92 Å². The van der Waals surface area contributed by atoms with Crippen molar-refractivity contribution in [3.63, 3.8) is 0 Å². The van der Waals surface area contributed by atoms with Gasteiger partial charge < -0.3 is 10.2 Å². The summed E-state index contributed by atoms with van der Waals surface area (Å²) in [5.41, 5.74) is 0. The molecule has 52 valence electrons. The maximum Gasteiger partial charge on any atom is 0.0832 e. The minimum absolute atomic E-state index is 0.412. The van der Waals surface area contributed by atoms with E-state index in [1.807, 2.05) is 0 Å². The van der Waals surface area contributed by atoms with Crippen LogP contribution >= 0.6 is 0 Å². The highest BCUT2D eigenvalue weighted by Crippen LogP contribution is 2.56. The first-order valence-electron chi connectivity index (χ1n) is 3.58. The van der Waals surface area contributed by atoms with Crippen molar-refractivity contribution in [2.45, 2.75) is 25.6 Å². The normalized spacial score (nSPS) is 63.7. The molecule has 2 aliphatic rings. The Labute approximate surface area is 54.5 Å². The molecule has 5 atom stereocenters. The fraction of sp³-hybridized carbons (Fsp3) is 1.00. The molecule has 9 heavy (non-hydrogen) atoms. The minimum atomic E-state index is -0.420. The van der Waals surface area contributed by atoms with Gasteiger partial charge in [-0.15, -0.1) is 0 Å². The van der Waals surface area contributed by atoms with Gasteiger partial charge in [0.25, 0.3) is 0 Å². The summed E-state index contributed by atoms with van der Waals surface area (Å²) in [5, 5.41) is 18.3. The summed E-state index contributed by atoms with van der Waals surface area (Å²) in [6, 6.07) is 0. The Kier molecular flexibility index (Phi) is 0.945. The summed E-state index contributed by atoms with van der Waals surface area (Å²) < 4.78 is 0. The van der Waals surface area contributed by atoms with Crippen LogP contribution in [-0.2, 0) is 0 Å². The summed E-state index contributed by atoms with van der Waals surface area (Å²) >= 11 is 0. The van der Waals surface area contributed by atoms with Crippen molar-refractivity contribution >= 4 is 0 Å². The second-order valence-corrected chi connectivity index (χ2v) is 3.39. The fourth-order valence-corrected chi connectivity index (χ4v) is 2.19. The van der Waals surface area contributed by atoms with Crippen LogP contribution < -0.4 is 0 Å². The van der Waals surface area contributed by atoms with E-state index < -0.39 is 12.2 Å². The van der Waals surface area contributed by atoms with Gasteiger partial charge in [0.2, 0.25) is 0 Å². The van der Waals surface area contributed by atoms with Crippen molar-refractivity contribution in [1.82, 2.24) is 0 Å². The number of fused-ring (bicyclic) bond motifs is 1. The van der Waals surface area contributed by atoms with E-state index in [4.69, 9.17) is 5.11 Å². The number of aliphatic hydroxyl groups is 2. The largest absolute Gasteiger partial charge is 0.390 e. The minimum Gasteiger partial charge on any atom is -0.390 e. The Morgan fingerprint density at radius 3 is 2.33 bits per heavy atom. The van der Waals surface area contributed by atoms with Crippen LogP contribution in [0.2, 0.25) is 0 Å². The Balaban J connectivity index is 2.07. The molecule has 0 aromatic carbocycles. The second-order valence-electron chi connectivity index (χ2n) is 3.39. The Morgan fingerprint density at radius 2 is 2.00 bits per heavy atom. The smallest absolute Gasteiger partial charge is 0.0832 e. The lowest BCUT2D eigenvalue weighted by Gasteiger charge is -2.11. The van der Waals surface area contributed by atoms with Gasteiger partial charge in [0.05, 0.1) is 12.2 Å². The van der Waals surface area contributed by atoms with Crippen LogP contribution in [0.25, 0.3) is 0 Å². The number of hydrogen-bond acceptors (Lipinski definition) is 2. The Morgan fingerprint density at radius 1 is 1.33 bits per heavy atom. The van der Waals surface area contributed by atoms with Crippen LogP contribution in [0, 0.1) is 17.8 Å². The van der Waals surface area contributed by atoms with Crippen LogP contribution in [0.3, 0.4) is 0 Å². The van der Waals surface area contributed by atoms with Gasteiger partial charge in [0, 0.05) is 0 Å². The molecular formula is C7H12O2. The molecule has 0 aliphatic heterocycles. The number of aliphatic hydroxyl groups excluding tert-OH is 2. The maximum atomic E-state index is 9.23. The standard InChI is InChI=1S/C7H12O2/c1-3-4-2-5(8)7(9)6(3)4/h3-9H,2H2,1H3. The molecular weight excluding hydrogens is 116 g/mol. The van der Waals surface area contributed by atoms with Gasteiger partial charge >= 0.3 is 0 Å². The molecule has 2 N–H and O–H groups in total. The van der Waals surface area contributed by atoms with E-state index in [0.717, 1.165) is 6.42 Å². The third kappa shape index (κ3) is 0.578. The van der Waals surface area contributed by atoms with Crippen LogP contribution in [-0.4, -0.2) is 22.4 Å². The fourth-order valence-electron chi connectivity index (χ4n) is 2.19. The van der Waals surface area contributed by atoms with Gasteiger partial charge in [-0.25, -0.2) is 0 Å². The topological polar surface area (TPSA) is 40.5 Å². The molecule has 2 nitrogen and oxygen atoms in total. The molecule has 0 amide bonds. The van der Waals surface area contributed by atoms with E-state index in [-0.39, 0.29) is 0 Å². The van der Waals surface area contributed by atoms with Gasteiger partial charge in [0.1, 0.15) is 0 Å². The highest BCUT2D eigenvalue weighted by molar-refractivity contribution is 5.07. The monoisotopic (exact) mass is 128 g/mol. The van der Waals surface area contributed by atoms with Crippen LogP contribution in [0.4, 0.5) is 0 Å². The van der Waals surface area contributed by atoms with Crippen molar-refractivity contribution in [2.75, 3.05) is 0 Å². The predicted molar refractivity (Wildman–Crippen MR) is 32.8 cm³/mol. The maximum absolute atomic E-state index is 9.23. The lowest BCUT2D eigenvalue weighted by Crippen LogP contribution is -2.24. The van der Waals surface area contributed by atoms with Crippen LogP contribution in [0.1, 0.15) is 13.3 Å². The Bertz CT molecular complexity index is 135. The highest BCUT2D eigenvalue weighted by atomic mass is 16.3. The van der Waals surface area contributed by atoms with Crippen molar-refractivity contribution in [1.29, 1.82) is 0 Å². The van der Waals surface area contributed by atoms with E-state index in [1.54, 1.807) is 0 Å². The summed E-state index contributed by atoms with van der Waals surface area (Å²) in [6.07, 6.45) is -0.00583. The molecule has 2 saturated carbocycles. The second kappa shape index (κ2) is 1.50. The van der Waals surface area contributed by atoms with E-state index >= 15 is 0 Å². The van der Waals surface area contributed by atoms with Crippen molar-refractivity contribution < 1.29 is 10.2 Å². The first kappa shape index (κ1) is 5.69. The van der Waals surface area contributed by atoms with Gasteiger partial charge in [0.15, 0.2) is 0 Å². The zero-order valence-electron chi connectivity index (χ0n) is 5.49. The highest BCUT2D eigenvalue weighted by Gasteiger charge is 2.58. The average Bonchev–Trinajstić information content (AvgIpc) is 2.29. The number of rotatable bonds is 0. The Hall–Kier alpha value is -0.0800. The summed E-state index contributed by atoms with van der Waals surface area (Å²) in [6.45, 7) is 2.14. The molecule has 0 spiro atoms. The third-order valence-electron chi connectivity index (χ3n) is 2.94. The van der Waals surface area contributed by atoms with Gasteiger partial charge in [-0.05, 0) is 24.2 Å². The molecule has 0 radical (unpaired) electrons. The molecule has 0 aromatic rings. The summed E-state index contributed by atoms with van der Waals surface area (Å²) in [7, 11) is 0. The van der Waals surface area contributed by atoms with E-state index in [0.29, 0.717) is 17.8 Å². The molecule has 2 fully saturated rings. The van der Waals surface area contributed by atoms with Crippen molar-refractivity contribution in [2.24, 2.45) is 17.8 Å². The van der Waals surface area contributed by atoms with E-state index in [1.165, 1.54) is 0 Å². The predicted octanol–water partition coefficient (Wildman–Crippen LogP) is -0.00600. The molecule has 5 unspecified atom stereocenters. The quantitative estimate of drug-likeness (QED) is 0.482. The lowest BCUT2D eigenvalue weighted by atomic mass is 10.1. The summed E-state index contributed by atoms with van der Waals surface area (Å²) in [5.74, 6) is 1.73. The molecule has 0 heterocycles. The number of hydrogen-bond donors (Lipinski definition) is 2. The van der Waals surface area contributed by atoms with Crippen molar-refractivity contribution in [3.8, 4) is 0 Å². The first-order valence-corrected chi connectivity index (χ1v) is 3.58. The van der Waals surface area contributed by atoms with Gasteiger partial charge in [-0.3, -0.25) is 0 Å². The van der Waals surface area contributed by atoms with Crippen LogP contribution in [0.15, 0.2) is 0 Å². The molecule has 2 heteroatoms. The molecule has 0 bridgehead atoms. The molecule has 0 saturated heterocycles. The molecule has 2 aliphatic carbocycles. The lowest BCUT2D eigenvalue weighted by molar-refractivity contribution is 0.0196. The zero-order chi connectivity index (χ0) is 6.59. The SMILES string of the molecule is CC1C2CC(O)C(O)C12. The van der Waals surface area contributed by atoms with E-state index in [9.17, 15) is 5.11 Å². The van der Waals surface area contributed by atoms with Crippen molar-refractivity contribution in [3.05, 3.63) is 0 Å². The van der Waals surface area contributed by atoms with Gasteiger partial charge in [-0.2, -0.15) is 0 Å². The van der Waals surface area contributed by atoms with Crippen LogP contribution in [0.5, 0.6) is 0 Å². The zero-order valence-corrected chi connectivity index (χ0v) is 5.49. The summed E-state index contributed by atoms with van der Waals surface area (Å²) in [4.78, 5) is 0. The van der Waals surface area contributed by atoms with Gasteiger partial charge in [-0.1, -0.05) is 6.92 Å². The first-order chi connectivity index (χ1) is 4.22. The average molecular weight is 128 g/mol. The molecule has 0 aromatic heterocycles. The molecule has 2 rings (SSSR count).